The third-order valence-electron chi connectivity index (χ3n) is 5.86. The van der Waals surface area contributed by atoms with Gasteiger partial charge in [-0.25, -0.2) is 0 Å². The number of hydrogen-bond donors (Lipinski definition) is 2. The monoisotopic (exact) mass is 396 g/mol. The van der Waals surface area contributed by atoms with Gasteiger partial charge in [-0.2, -0.15) is 0 Å². The van der Waals surface area contributed by atoms with E-state index >= 15 is 0 Å². The SMILES string of the molecule is COc1cccc2c1CCCC2NC(=O)CC[C@H](Cc1ccc(O)cc1)N(C)C. The zero-order valence-corrected chi connectivity index (χ0v) is 17.6. The molecule has 1 aliphatic rings. The second-order valence-electron chi connectivity index (χ2n) is 8.07. The molecule has 0 spiro atoms. The van der Waals surface area contributed by atoms with Crippen LogP contribution in [0, 0.1) is 0 Å². The van der Waals surface area contributed by atoms with E-state index in [9.17, 15) is 9.90 Å². The Hall–Kier alpha value is -2.53. The first-order valence-electron chi connectivity index (χ1n) is 10.4. The predicted molar refractivity (Wildman–Crippen MR) is 115 cm³/mol. The van der Waals surface area contributed by atoms with Crippen molar-refractivity contribution in [3.05, 3.63) is 59.2 Å². The summed E-state index contributed by atoms with van der Waals surface area (Å²) in [6.45, 7) is 0. The zero-order chi connectivity index (χ0) is 20.8. The number of methoxy groups -OCH3 is 1. The Labute approximate surface area is 173 Å². The summed E-state index contributed by atoms with van der Waals surface area (Å²) in [7, 11) is 5.80. The number of hydrogen-bond acceptors (Lipinski definition) is 4. The number of aromatic hydroxyl groups is 1. The number of fused-ring (bicyclic) bond motifs is 1. The standard InChI is InChI=1S/C24H32N2O3/c1-26(2)18(16-17-10-13-19(27)14-11-17)12-15-24(28)25-22-8-4-7-21-20(22)6-5-9-23(21)29-3/h5-6,9-11,13-14,18,22,27H,4,7-8,12,15-16H2,1-3H3,(H,25,28)/t18-,22?/m1/s1. The number of phenolic OH excluding ortho intramolecular Hbond substituents is 1. The number of benzene rings is 2. The van der Waals surface area contributed by atoms with Crippen LogP contribution in [0.15, 0.2) is 42.5 Å². The summed E-state index contributed by atoms with van der Waals surface area (Å²) in [4.78, 5) is 14.9. The minimum absolute atomic E-state index is 0.0660. The molecular formula is C24H32N2O3. The second-order valence-corrected chi connectivity index (χ2v) is 8.07. The Morgan fingerprint density at radius 1 is 1.24 bits per heavy atom. The maximum Gasteiger partial charge on any atom is 0.220 e. The third kappa shape index (κ3) is 5.51. The Morgan fingerprint density at radius 3 is 2.69 bits per heavy atom. The summed E-state index contributed by atoms with van der Waals surface area (Å²) in [6.07, 6.45) is 5.16. The van der Waals surface area contributed by atoms with Crippen molar-refractivity contribution in [2.75, 3.05) is 21.2 Å². The van der Waals surface area contributed by atoms with Gasteiger partial charge in [-0.3, -0.25) is 4.79 Å². The topological polar surface area (TPSA) is 61.8 Å². The number of amides is 1. The highest BCUT2D eigenvalue weighted by Gasteiger charge is 2.24. The summed E-state index contributed by atoms with van der Waals surface area (Å²) in [5, 5.41) is 12.7. The third-order valence-corrected chi connectivity index (χ3v) is 5.86. The lowest BCUT2D eigenvalue weighted by Crippen LogP contribution is -2.34. The number of carbonyl (C=O) groups excluding carboxylic acids is 1. The highest BCUT2D eigenvalue weighted by Crippen LogP contribution is 2.35. The highest BCUT2D eigenvalue weighted by atomic mass is 16.5. The molecular weight excluding hydrogens is 364 g/mol. The molecule has 0 saturated heterocycles. The maximum absolute atomic E-state index is 12.7. The van der Waals surface area contributed by atoms with Crippen molar-refractivity contribution in [2.24, 2.45) is 0 Å². The average Bonchev–Trinajstić information content (AvgIpc) is 2.72. The molecule has 0 saturated carbocycles. The van der Waals surface area contributed by atoms with Gasteiger partial charge >= 0.3 is 0 Å². The molecule has 0 aliphatic heterocycles. The van der Waals surface area contributed by atoms with E-state index in [4.69, 9.17) is 4.74 Å². The van der Waals surface area contributed by atoms with Crippen molar-refractivity contribution in [3.8, 4) is 11.5 Å². The molecule has 1 aliphatic carbocycles. The van der Waals surface area contributed by atoms with Crippen LogP contribution in [0.4, 0.5) is 0 Å². The molecule has 156 valence electrons. The first kappa shape index (κ1) is 21.2. The van der Waals surface area contributed by atoms with E-state index in [2.05, 4.69) is 16.3 Å². The number of nitrogens with zero attached hydrogens (tertiary/aromatic N) is 1. The van der Waals surface area contributed by atoms with Gasteiger partial charge in [0.05, 0.1) is 13.2 Å². The van der Waals surface area contributed by atoms with Crippen molar-refractivity contribution in [3.63, 3.8) is 0 Å². The number of likely N-dealkylation sites (N-methyl/N-ethyl adjacent to an activating group) is 1. The fraction of sp³-hybridized carbons (Fsp3) is 0.458. The quantitative estimate of drug-likeness (QED) is 0.712. The first-order valence-corrected chi connectivity index (χ1v) is 10.4. The normalized spacial score (nSPS) is 16.9. The molecule has 2 atom stereocenters. The number of ether oxygens (including phenoxy) is 1. The smallest absolute Gasteiger partial charge is 0.220 e. The van der Waals surface area contributed by atoms with Crippen molar-refractivity contribution in [1.82, 2.24) is 10.2 Å². The predicted octanol–water partition coefficient (Wildman–Crippen LogP) is 3.85. The number of phenols is 1. The van der Waals surface area contributed by atoms with E-state index < -0.39 is 0 Å². The van der Waals surface area contributed by atoms with Gasteiger partial charge in [-0.05, 0) is 81.1 Å². The van der Waals surface area contributed by atoms with Crippen LogP contribution in [0.25, 0.3) is 0 Å². The van der Waals surface area contributed by atoms with Gasteiger partial charge in [0.25, 0.3) is 0 Å². The molecule has 1 amide bonds. The van der Waals surface area contributed by atoms with E-state index in [1.165, 1.54) is 11.1 Å². The molecule has 3 rings (SSSR count). The van der Waals surface area contributed by atoms with Crippen LogP contribution in [0.5, 0.6) is 11.5 Å². The lowest BCUT2D eigenvalue weighted by molar-refractivity contribution is -0.122. The van der Waals surface area contributed by atoms with E-state index in [0.29, 0.717) is 6.42 Å². The number of rotatable bonds is 8. The maximum atomic E-state index is 12.7. The van der Waals surface area contributed by atoms with Crippen LogP contribution < -0.4 is 10.1 Å². The van der Waals surface area contributed by atoms with Crippen LogP contribution >= 0.6 is 0 Å². The fourth-order valence-corrected chi connectivity index (χ4v) is 4.17. The summed E-state index contributed by atoms with van der Waals surface area (Å²) < 4.78 is 5.50. The van der Waals surface area contributed by atoms with Gasteiger partial charge in [0.1, 0.15) is 11.5 Å². The van der Waals surface area contributed by atoms with Crippen LogP contribution in [0.1, 0.15) is 48.4 Å². The molecule has 0 heterocycles. The van der Waals surface area contributed by atoms with E-state index in [1.807, 2.05) is 38.4 Å². The van der Waals surface area contributed by atoms with Gasteiger partial charge in [0.15, 0.2) is 0 Å². The minimum Gasteiger partial charge on any atom is -0.508 e. The van der Waals surface area contributed by atoms with Gasteiger partial charge in [-0.1, -0.05) is 24.3 Å². The Kier molecular flexibility index (Phi) is 7.15. The summed E-state index contributed by atoms with van der Waals surface area (Å²) in [5.41, 5.74) is 3.58. The van der Waals surface area contributed by atoms with Crippen molar-refractivity contribution >= 4 is 5.91 Å². The first-order chi connectivity index (χ1) is 14.0. The van der Waals surface area contributed by atoms with Crippen molar-refractivity contribution in [1.29, 1.82) is 0 Å². The Balaban J connectivity index is 1.58. The average molecular weight is 397 g/mol. The fourth-order valence-electron chi connectivity index (χ4n) is 4.17. The summed E-state index contributed by atoms with van der Waals surface area (Å²) in [6, 6.07) is 13.7. The van der Waals surface area contributed by atoms with Gasteiger partial charge in [0, 0.05) is 12.5 Å². The Bertz CT molecular complexity index is 817. The molecule has 29 heavy (non-hydrogen) atoms. The molecule has 5 heteroatoms. The molecule has 2 N–H and O–H groups in total. The van der Waals surface area contributed by atoms with Gasteiger partial charge < -0.3 is 20.1 Å². The minimum atomic E-state index is 0.0660. The molecule has 2 aromatic carbocycles. The summed E-state index contributed by atoms with van der Waals surface area (Å²) in [5.74, 6) is 1.30. The lowest BCUT2D eigenvalue weighted by Gasteiger charge is -2.28. The van der Waals surface area contributed by atoms with E-state index in [0.717, 1.165) is 43.4 Å². The van der Waals surface area contributed by atoms with E-state index in [1.54, 1.807) is 19.2 Å². The van der Waals surface area contributed by atoms with Crippen LogP contribution in [0.2, 0.25) is 0 Å². The largest absolute Gasteiger partial charge is 0.508 e. The van der Waals surface area contributed by atoms with Gasteiger partial charge in [0.2, 0.25) is 5.91 Å². The van der Waals surface area contributed by atoms with Crippen molar-refractivity contribution in [2.45, 2.75) is 50.6 Å². The highest BCUT2D eigenvalue weighted by molar-refractivity contribution is 5.76. The van der Waals surface area contributed by atoms with E-state index in [-0.39, 0.29) is 23.7 Å². The number of carbonyl (C=O) groups is 1. The number of nitrogens with one attached hydrogen (secondary N) is 1. The molecule has 1 unspecified atom stereocenters. The van der Waals surface area contributed by atoms with Crippen LogP contribution in [0.3, 0.4) is 0 Å². The molecule has 2 aromatic rings. The second kappa shape index (κ2) is 9.79. The van der Waals surface area contributed by atoms with Crippen LogP contribution in [-0.2, 0) is 17.6 Å². The van der Waals surface area contributed by atoms with Gasteiger partial charge in [-0.15, -0.1) is 0 Å². The molecule has 5 nitrogen and oxygen atoms in total. The molecule has 0 bridgehead atoms. The van der Waals surface area contributed by atoms with Crippen LogP contribution in [-0.4, -0.2) is 43.2 Å². The lowest BCUT2D eigenvalue weighted by atomic mass is 9.87. The Morgan fingerprint density at radius 2 is 2.00 bits per heavy atom. The molecule has 0 fully saturated rings. The molecule has 0 radical (unpaired) electrons. The molecule has 0 aromatic heterocycles. The zero-order valence-electron chi connectivity index (χ0n) is 17.6. The van der Waals surface area contributed by atoms with Crippen molar-refractivity contribution < 1.29 is 14.6 Å². The summed E-state index contributed by atoms with van der Waals surface area (Å²) >= 11 is 0.